The van der Waals surface area contributed by atoms with Gasteiger partial charge < -0.3 is 4.74 Å². The van der Waals surface area contributed by atoms with Crippen LogP contribution in [0.15, 0.2) is 36.4 Å². The van der Waals surface area contributed by atoms with Gasteiger partial charge in [-0.05, 0) is 54.7 Å². The zero-order valence-electron chi connectivity index (χ0n) is 11.9. The molecule has 0 heterocycles. The van der Waals surface area contributed by atoms with Crippen molar-refractivity contribution in [3.63, 3.8) is 0 Å². The zero-order chi connectivity index (χ0) is 14.7. The maximum atomic E-state index is 12.9. The van der Waals surface area contributed by atoms with Gasteiger partial charge in [0.2, 0.25) is 0 Å². The molecule has 2 aromatic carbocycles. The largest absolute Gasteiger partial charge is 0.496 e. The lowest BCUT2D eigenvalue weighted by Crippen LogP contribution is -1.99. The quantitative estimate of drug-likeness (QED) is 0.723. The molecule has 1 unspecified atom stereocenters. The summed E-state index contributed by atoms with van der Waals surface area (Å²) in [5.41, 5.74) is 4.24. The second-order valence-corrected chi connectivity index (χ2v) is 5.51. The van der Waals surface area contributed by atoms with Gasteiger partial charge in [0.05, 0.1) is 12.5 Å². The van der Waals surface area contributed by atoms with E-state index in [4.69, 9.17) is 16.3 Å². The maximum absolute atomic E-state index is 12.9. The highest BCUT2D eigenvalue weighted by Crippen LogP contribution is 2.31. The Balaban J connectivity index is 2.21. The van der Waals surface area contributed by atoms with E-state index >= 15 is 0 Å². The van der Waals surface area contributed by atoms with Crippen molar-refractivity contribution >= 4 is 11.6 Å². The van der Waals surface area contributed by atoms with Gasteiger partial charge in [-0.25, -0.2) is 4.39 Å². The molecule has 1 atom stereocenters. The van der Waals surface area contributed by atoms with Gasteiger partial charge in [0.1, 0.15) is 11.6 Å². The van der Waals surface area contributed by atoms with Crippen LogP contribution in [0.3, 0.4) is 0 Å². The third-order valence-electron chi connectivity index (χ3n) is 3.38. The molecule has 0 fully saturated rings. The van der Waals surface area contributed by atoms with E-state index in [-0.39, 0.29) is 11.2 Å². The lowest BCUT2D eigenvalue weighted by Gasteiger charge is -2.15. The van der Waals surface area contributed by atoms with Crippen LogP contribution >= 0.6 is 11.6 Å². The van der Waals surface area contributed by atoms with Gasteiger partial charge in [0.15, 0.2) is 0 Å². The fourth-order valence-corrected chi connectivity index (χ4v) is 2.74. The van der Waals surface area contributed by atoms with Crippen LogP contribution < -0.4 is 4.74 Å². The van der Waals surface area contributed by atoms with Crippen LogP contribution in [0.5, 0.6) is 5.75 Å². The minimum atomic E-state index is -0.226. The van der Waals surface area contributed by atoms with Crippen molar-refractivity contribution in [3.05, 3.63) is 64.5 Å². The summed E-state index contributed by atoms with van der Waals surface area (Å²) in [5, 5.41) is -0.135. The lowest BCUT2D eigenvalue weighted by molar-refractivity contribution is 0.408. The van der Waals surface area contributed by atoms with Crippen molar-refractivity contribution in [3.8, 4) is 5.75 Å². The topological polar surface area (TPSA) is 9.23 Å². The summed E-state index contributed by atoms with van der Waals surface area (Å²) in [6.07, 6.45) is 0.674. The smallest absolute Gasteiger partial charge is 0.124 e. The first-order chi connectivity index (χ1) is 9.51. The summed E-state index contributed by atoms with van der Waals surface area (Å²) in [5.74, 6) is 0.676. The van der Waals surface area contributed by atoms with E-state index in [1.54, 1.807) is 19.2 Å². The molecule has 106 valence electrons. The molecule has 2 aromatic rings. The second kappa shape index (κ2) is 6.27. The standard InChI is InChI=1S/C17H18ClFO/c1-11-8-14(9-12(2)17(11)20-3)16(18)10-13-4-6-15(19)7-5-13/h4-9,16H,10H2,1-3H3. The Labute approximate surface area is 124 Å². The molecule has 0 aliphatic carbocycles. The minimum Gasteiger partial charge on any atom is -0.496 e. The summed E-state index contributed by atoms with van der Waals surface area (Å²) in [6, 6.07) is 10.6. The molecule has 0 aliphatic rings. The highest BCUT2D eigenvalue weighted by atomic mass is 35.5. The molecule has 20 heavy (non-hydrogen) atoms. The van der Waals surface area contributed by atoms with Gasteiger partial charge in [-0.15, -0.1) is 11.6 Å². The molecule has 0 spiro atoms. The van der Waals surface area contributed by atoms with Crippen LogP contribution in [-0.2, 0) is 6.42 Å². The zero-order valence-corrected chi connectivity index (χ0v) is 12.7. The van der Waals surface area contributed by atoms with Crippen LogP contribution in [0.4, 0.5) is 4.39 Å². The lowest BCUT2D eigenvalue weighted by atomic mass is 9.99. The first-order valence-electron chi connectivity index (χ1n) is 6.55. The minimum absolute atomic E-state index is 0.135. The Hall–Kier alpha value is -1.54. The number of halogens is 2. The number of ether oxygens (including phenoxy) is 1. The molecule has 0 saturated carbocycles. The Kier molecular flexibility index (Phi) is 4.66. The predicted molar refractivity (Wildman–Crippen MR) is 81.2 cm³/mol. The van der Waals surface area contributed by atoms with E-state index in [1.165, 1.54) is 12.1 Å². The number of rotatable bonds is 4. The molecule has 2 rings (SSSR count). The molecule has 0 N–H and O–H groups in total. The number of hydrogen-bond donors (Lipinski definition) is 0. The molecule has 0 saturated heterocycles. The van der Waals surface area contributed by atoms with Gasteiger partial charge in [-0.2, -0.15) is 0 Å². The van der Waals surface area contributed by atoms with Gasteiger partial charge >= 0.3 is 0 Å². The summed E-state index contributed by atoms with van der Waals surface area (Å²) in [4.78, 5) is 0. The Bertz CT molecular complexity index is 569. The van der Waals surface area contributed by atoms with Crippen molar-refractivity contribution < 1.29 is 9.13 Å². The van der Waals surface area contributed by atoms with Gasteiger partial charge in [0.25, 0.3) is 0 Å². The van der Waals surface area contributed by atoms with Crippen LogP contribution in [-0.4, -0.2) is 7.11 Å². The molecule has 3 heteroatoms. The van der Waals surface area contributed by atoms with Crippen LogP contribution in [0.25, 0.3) is 0 Å². The first kappa shape index (κ1) is 14.9. The average molecular weight is 293 g/mol. The molecular formula is C17H18ClFO. The number of benzene rings is 2. The fraction of sp³-hybridized carbons (Fsp3) is 0.294. The fourth-order valence-electron chi connectivity index (χ4n) is 2.43. The highest BCUT2D eigenvalue weighted by molar-refractivity contribution is 6.21. The molecular weight excluding hydrogens is 275 g/mol. The second-order valence-electron chi connectivity index (χ2n) is 4.99. The molecule has 1 nitrogen and oxygen atoms in total. The number of alkyl halides is 1. The monoisotopic (exact) mass is 292 g/mol. The number of aryl methyl sites for hydroxylation is 2. The summed E-state index contributed by atoms with van der Waals surface area (Å²) in [7, 11) is 1.67. The Morgan fingerprint density at radius 1 is 1.10 bits per heavy atom. The normalized spacial score (nSPS) is 12.2. The van der Waals surface area contributed by atoms with E-state index in [1.807, 2.05) is 26.0 Å². The molecule has 0 amide bonds. The van der Waals surface area contributed by atoms with E-state index in [9.17, 15) is 4.39 Å². The molecule has 0 aromatic heterocycles. The van der Waals surface area contributed by atoms with Crippen molar-refractivity contribution in [2.24, 2.45) is 0 Å². The van der Waals surface area contributed by atoms with Gasteiger partial charge in [-0.3, -0.25) is 0 Å². The summed E-state index contributed by atoms with van der Waals surface area (Å²) >= 11 is 6.49. The van der Waals surface area contributed by atoms with E-state index in [0.717, 1.165) is 28.0 Å². The average Bonchev–Trinajstić information content (AvgIpc) is 2.41. The molecule has 0 bridgehead atoms. The summed E-state index contributed by atoms with van der Waals surface area (Å²) in [6.45, 7) is 4.02. The van der Waals surface area contributed by atoms with Crippen LogP contribution in [0, 0.1) is 19.7 Å². The summed E-state index contributed by atoms with van der Waals surface area (Å²) < 4.78 is 18.2. The van der Waals surface area contributed by atoms with E-state index in [2.05, 4.69) is 0 Å². The third kappa shape index (κ3) is 3.31. The van der Waals surface area contributed by atoms with E-state index in [0.29, 0.717) is 6.42 Å². The third-order valence-corrected chi connectivity index (χ3v) is 3.78. The SMILES string of the molecule is COc1c(C)cc(C(Cl)Cc2ccc(F)cc2)cc1C. The Morgan fingerprint density at radius 2 is 1.65 bits per heavy atom. The van der Waals surface area contributed by atoms with E-state index < -0.39 is 0 Å². The molecule has 0 radical (unpaired) electrons. The van der Waals surface area contributed by atoms with Crippen molar-refractivity contribution in [1.29, 1.82) is 0 Å². The Morgan fingerprint density at radius 3 is 2.15 bits per heavy atom. The maximum Gasteiger partial charge on any atom is 0.124 e. The van der Waals surface area contributed by atoms with Crippen LogP contribution in [0.2, 0.25) is 0 Å². The number of hydrogen-bond acceptors (Lipinski definition) is 1. The number of methoxy groups -OCH3 is 1. The van der Waals surface area contributed by atoms with Gasteiger partial charge in [-0.1, -0.05) is 24.3 Å². The highest BCUT2D eigenvalue weighted by Gasteiger charge is 2.13. The van der Waals surface area contributed by atoms with Crippen molar-refractivity contribution in [2.75, 3.05) is 7.11 Å². The van der Waals surface area contributed by atoms with Crippen LogP contribution in [0.1, 0.15) is 27.6 Å². The molecule has 0 aliphatic heterocycles. The van der Waals surface area contributed by atoms with Crippen molar-refractivity contribution in [2.45, 2.75) is 25.6 Å². The predicted octanol–water partition coefficient (Wildman–Crippen LogP) is 4.97. The first-order valence-corrected chi connectivity index (χ1v) is 6.98. The van der Waals surface area contributed by atoms with Crippen molar-refractivity contribution in [1.82, 2.24) is 0 Å². The van der Waals surface area contributed by atoms with Gasteiger partial charge in [0, 0.05) is 0 Å².